The lowest BCUT2D eigenvalue weighted by Crippen LogP contribution is -2.14. The second-order valence-corrected chi connectivity index (χ2v) is 2.14. The summed E-state index contributed by atoms with van der Waals surface area (Å²) in [5, 5.41) is 0. The van der Waals surface area contributed by atoms with Gasteiger partial charge in [0.1, 0.15) is 0 Å². The molecule has 0 rings (SSSR count). The van der Waals surface area contributed by atoms with E-state index in [2.05, 4.69) is 0 Å². The maximum absolute atomic E-state index is 12.0. The van der Waals surface area contributed by atoms with E-state index < -0.39 is 23.8 Å². The van der Waals surface area contributed by atoms with Crippen molar-refractivity contribution in [2.45, 2.75) is 19.3 Å². The fraction of sp³-hybridized carbons (Fsp3) is 0.429. The molecule has 0 aliphatic heterocycles. The van der Waals surface area contributed by atoms with Gasteiger partial charge in [-0.25, -0.2) is 4.39 Å². The zero-order valence-corrected chi connectivity index (χ0v) is 6.72. The van der Waals surface area contributed by atoms with Crippen LogP contribution in [-0.2, 0) is 0 Å². The molecule has 0 N–H and O–H groups in total. The van der Waals surface area contributed by atoms with Crippen LogP contribution in [0.1, 0.15) is 6.92 Å². The normalized spacial score (nSPS) is 16.0. The molecule has 0 aromatic rings. The standard InChI is InChI=1S/C7H4F7/c1-2-4(6(9,10)11)3-5(8)7(12,13)14/h2H,1H3. The van der Waals surface area contributed by atoms with Crippen LogP contribution >= 0.6 is 0 Å². The summed E-state index contributed by atoms with van der Waals surface area (Å²) >= 11 is 0. The first-order valence-electron chi connectivity index (χ1n) is 3.19. The van der Waals surface area contributed by atoms with Crippen molar-refractivity contribution < 1.29 is 30.7 Å². The highest BCUT2D eigenvalue weighted by atomic mass is 19.4. The highest BCUT2D eigenvalue weighted by Crippen LogP contribution is 2.32. The second-order valence-electron chi connectivity index (χ2n) is 2.14. The molecule has 14 heavy (non-hydrogen) atoms. The maximum atomic E-state index is 12.0. The number of alkyl halides is 6. The molecule has 0 amide bonds. The van der Waals surface area contributed by atoms with E-state index in [0.717, 1.165) is 6.92 Å². The van der Waals surface area contributed by atoms with Crippen molar-refractivity contribution in [3.05, 3.63) is 23.6 Å². The molecule has 0 unspecified atom stereocenters. The summed E-state index contributed by atoms with van der Waals surface area (Å²) in [5.74, 6) is -2.90. The Morgan fingerprint density at radius 1 is 1.00 bits per heavy atom. The summed E-state index contributed by atoms with van der Waals surface area (Å²) in [6.45, 7) is 0.833. The number of halogens is 7. The van der Waals surface area contributed by atoms with Crippen molar-refractivity contribution >= 4 is 0 Å². The van der Waals surface area contributed by atoms with Crippen LogP contribution in [-0.4, -0.2) is 12.4 Å². The van der Waals surface area contributed by atoms with E-state index in [4.69, 9.17) is 0 Å². The predicted octanol–water partition coefficient (Wildman–Crippen LogP) is 3.71. The van der Waals surface area contributed by atoms with Crippen LogP contribution < -0.4 is 0 Å². The van der Waals surface area contributed by atoms with Gasteiger partial charge >= 0.3 is 12.4 Å². The molecule has 0 heterocycles. The molecule has 0 fully saturated rings. The summed E-state index contributed by atoms with van der Waals surface area (Å²) in [4.78, 5) is 0. The molecule has 1 radical (unpaired) electrons. The van der Waals surface area contributed by atoms with Crippen LogP contribution in [0.4, 0.5) is 30.7 Å². The topological polar surface area (TPSA) is 0 Å². The van der Waals surface area contributed by atoms with Crippen molar-refractivity contribution in [3.8, 4) is 0 Å². The predicted molar refractivity (Wildman–Crippen MR) is 33.7 cm³/mol. The van der Waals surface area contributed by atoms with Crippen LogP contribution in [0.3, 0.4) is 0 Å². The minimum absolute atomic E-state index is 0.297. The van der Waals surface area contributed by atoms with Gasteiger partial charge in [0.05, 0.1) is 5.57 Å². The zero-order chi connectivity index (χ0) is 11.6. The van der Waals surface area contributed by atoms with E-state index >= 15 is 0 Å². The van der Waals surface area contributed by atoms with Crippen molar-refractivity contribution in [2.75, 3.05) is 0 Å². The minimum atomic E-state index is -5.44. The van der Waals surface area contributed by atoms with E-state index in [1.807, 2.05) is 0 Å². The van der Waals surface area contributed by atoms with Crippen LogP contribution in [0.25, 0.3) is 0 Å². The summed E-state index contributed by atoms with van der Waals surface area (Å²) in [6, 6.07) is 0. The second kappa shape index (κ2) is 4.02. The molecule has 81 valence electrons. The molecule has 0 aromatic heterocycles. The fourth-order valence-electron chi connectivity index (χ4n) is 0.496. The van der Waals surface area contributed by atoms with Gasteiger partial charge in [0, 0.05) is 6.08 Å². The van der Waals surface area contributed by atoms with E-state index in [1.54, 1.807) is 0 Å². The third-order valence-electron chi connectivity index (χ3n) is 1.09. The van der Waals surface area contributed by atoms with Gasteiger partial charge in [-0.3, -0.25) is 0 Å². The average molecular weight is 221 g/mol. The molecule has 0 atom stereocenters. The van der Waals surface area contributed by atoms with Gasteiger partial charge in [-0.2, -0.15) is 26.3 Å². The monoisotopic (exact) mass is 221 g/mol. The molecule has 0 aliphatic carbocycles. The smallest absolute Gasteiger partial charge is 0.201 e. The highest BCUT2D eigenvalue weighted by Gasteiger charge is 2.39. The molecular weight excluding hydrogens is 217 g/mol. The number of hydrogen-bond donors (Lipinski definition) is 0. The Labute approximate surface area is 74.7 Å². The maximum Gasteiger partial charge on any atom is 0.443 e. The Balaban J connectivity index is 4.99. The number of rotatable bonds is 1. The first kappa shape index (κ1) is 13.0. The van der Waals surface area contributed by atoms with Crippen LogP contribution in [0.2, 0.25) is 0 Å². The van der Waals surface area contributed by atoms with E-state index in [0.29, 0.717) is 12.2 Å². The van der Waals surface area contributed by atoms with E-state index in [1.165, 1.54) is 0 Å². The molecule has 0 saturated carbocycles. The van der Waals surface area contributed by atoms with Crippen LogP contribution in [0.15, 0.2) is 17.5 Å². The third-order valence-corrected chi connectivity index (χ3v) is 1.09. The molecule has 0 aromatic carbocycles. The Bertz CT molecular complexity index is 252. The average Bonchev–Trinajstić information content (AvgIpc) is 1.95. The van der Waals surface area contributed by atoms with Crippen LogP contribution in [0.5, 0.6) is 0 Å². The fourth-order valence-corrected chi connectivity index (χ4v) is 0.496. The van der Waals surface area contributed by atoms with Gasteiger partial charge in [0.15, 0.2) is 0 Å². The Morgan fingerprint density at radius 2 is 1.43 bits per heavy atom. The Kier molecular flexibility index (Phi) is 3.73. The summed E-state index contributed by atoms with van der Waals surface area (Å²) in [7, 11) is 0. The van der Waals surface area contributed by atoms with Crippen molar-refractivity contribution in [3.63, 3.8) is 0 Å². The SMILES string of the molecule is CC=C([C]=C(F)C(F)(F)F)C(F)(F)F. The number of allylic oxidation sites excluding steroid dienone is 4. The van der Waals surface area contributed by atoms with Gasteiger partial charge in [-0.05, 0) is 6.92 Å². The molecule has 0 spiro atoms. The summed E-state index contributed by atoms with van der Waals surface area (Å²) in [6.07, 6.45) is -9.58. The van der Waals surface area contributed by atoms with Gasteiger partial charge in [-0.15, -0.1) is 0 Å². The minimum Gasteiger partial charge on any atom is -0.201 e. The lowest BCUT2D eigenvalue weighted by atomic mass is 10.2. The van der Waals surface area contributed by atoms with Gasteiger partial charge < -0.3 is 0 Å². The molecule has 0 aliphatic rings. The summed E-state index contributed by atoms with van der Waals surface area (Å²) < 4.78 is 81.8. The first-order valence-corrected chi connectivity index (χ1v) is 3.19. The van der Waals surface area contributed by atoms with Crippen LogP contribution in [0, 0.1) is 6.08 Å². The Morgan fingerprint density at radius 3 is 1.64 bits per heavy atom. The molecule has 0 bridgehead atoms. The van der Waals surface area contributed by atoms with Crippen molar-refractivity contribution in [1.82, 2.24) is 0 Å². The largest absolute Gasteiger partial charge is 0.443 e. The van der Waals surface area contributed by atoms with Crippen molar-refractivity contribution in [2.24, 2.45) is 0 Å². The molecule has 0 saturated heterocycles. The number of hydrogen-bond acceptors (Lipinski definition) is 0. The van der Waals surface area contributed by atoms with Gasteiger partial charge in [0.2, 0.25) is 5.83 Å². The van der Waals surface area contributed by atoms with E-state index in [9.17, 15) is 30.7 Å². The zero-order valence-electron chi connectivity index (χ0n) is 6.72. The highest BCUT2D eigenvalue weighted by molar-refractivity contribution is 5.20. The molecular formula is C7H4F7. The lowest BCUT2D eigenvalue weighted by Gasteiger charge is -2.07. The molecule has 0 nitrogen and oxygen atoms in total. The molecule has 7 heteroatoms. The first-order chi connectivity index (χ1) is 6.09. The van der Waals surface area contributed by atoms with E-state index in [-0.39, 0.29) is 0 Å². The quantitative estimate of drug-likeness (QED) is 0.467. The lowest BCUT2D eigenvalue weighted by molar-refractivity contribution is -0.111. The van der Waals surface area contributed by atoms with Gasteiger partial charge in [0.25, 0.3) is 0 Å². The van der Waals surface area contributed by atoms with Crippen molar-refractivity contribution in [1.29, 1.82) is 0 Å². The Hall–Kier alpha value is -1.01. The van der Waals surface area contributed by atoms with Gasteiger partial charge in [-0.1, -0.05) is 6.08 Å². The third kappa shape index (κ3) is 3.80. The summed E-state index contributed by atoms with van der Waals surface area (Å²) in [5.41, 5.74) is -1.80.